The standard InChI is InChI=1S/C22H21F3N2O2S/c23-22(24,25)19-9-5-17(6-10-19)15-27(29)14-16-3-7-18(8-4-16)21(28)26-12-11-20-2-1-13-30-20/h1-10,13,27H,11-12,14-15H2,(H,26,28). The highest BCUT2D eigenvalue weighted by Crippen LogP contribution is 2.28. The summed E-state index contributed by atoms with van der Waals surface area (Å²) >= 11 is 1.65. The van der Waals surface area contributed by atoms with Crippen molar-refractivity contribution in [3.63, 3.8) is 0 Å². The molecule has 30 heavy (non-hydrogen) atoms. The molecule has 2 N–H and O–H groups in total. The summed E-state index contributed by atoms with van der Waals surface area (Å²) in [5.74, 6) is -0.172. The molecule has 4 nitrogen and oxygen atoms in total. The van der Waals surface area contributed by atoms with Crippen LogP contribution in [-0.2, 0) is 25.7 Å². The van der Waals surface area contributed by atoms with Crippen LogP contribution in [0, 0.1) is 5.21 Å². The predicted octanol–water partition coefficient (Wildman–Crippen LogP) is 3.82. The van der Waals surface area contributed by atoms with Gasteiger partial charge in [-0.2, -0.15) is 13.2 Å². The first-order chi connectivity index (χ1) is 14.3. The average Bonchev–Trinajstić information content (AvgIpc) is 3.21. The zero-order valence-electron chi connectivity index (χ0n) is 16.0. The Morgan fingerprint density at radius 2 is 1.57 bits per heavy atom. The van der Waals surface area contributed by atoms with E-state index in [9.17, 15) is 23.2 Å². The first-order valence-corrected chi connectivity index (χ1v) is 10.3. The lowest BCUT2D eigenvalue weighted by Gasteiger charge is -2.22. The molecule has 3 aromatic rings. The molecule has 0 saturated carbocycles. The van der Waals surface area contributed by atoms with Crippen molar-refractivity contribution < 1.29 is 23.0 Å². The molecule has 1 atom stereocenters. The van der Waals surface area contributed by atoms with Crippen molar-refractivity contribution in [1.29, 1.82) is 0 Å². The van der Waals surface area contributed by atoms with Crippen molar-refractivity contribution in [3.05, 3.63) is 98.4 Å². The van der Waals surface area contributed by atoms with E-state index in [1.165, 1.54) is 17.0 Å². The largest absolute Gasteiger partial charge is 0.634 e. The second-order valence-electron chi connectivity index (χ2n) is 6.87. The molecule has 8 heteroatoms. The van der Waals surface area contributed by atoms with E-state index < -0.39 is 11.7 Å². The van der Waals surface area contributed by atoms with Crippen LogP contribution < -0.4 is 10.4 Å². The number of hydrogen-bond acceptors (Lipinski definition) is 3. The molecule has 1 amide bonds. The van der Waals surface area contributed by atoms with Crippen LogP contribution in [0.4, 0.5) is 13.2 Å². The van der Waals surface area contributed by atoms with Crippen LogP contribution >= 0.6 is 11.3 Å². The number of amides is 1. The van der Waals surface area contributed by atoms with Gasteiger partial charge in [-0.25, -0.2) is 0 Å². The maximum Gasteiger partial charge on any atom is 0.416 e. The van der Waals surface area contributed by atoms with Crippen LogP contribution in [0.5, 0.6) is 0 Å². The maximum absolute atomic E-state index is 12.6. The third kappa shape index (κ3) is 6.41. The van der Waals surface area contributed by atoms with E-state index in [1.807, 2.05) is 17.5 Å². The van der Waals surface area contributed by atoms with E-state index in [2.05, 4.69) is 5.32 Å². The number of carbonyl (C=O) groups excluding carboxylic acids is 1. The summed E-state index contributed by atoms with van der Waals surface area (Å²) in [6, 6.07) is 15.4. The molecule has 2 aromatic carbocycles. The normalized spacial score (nSPS) is 12.5. The second-order valence-corrected chi connectivity index (χ2v) is 7.90. The van der Waals surface area contributed by atoms with Crippen LogP contribution in [0.25, 0.3) is 0 Å². The predicted molar refractivity (Wildman–Crippen MR) is 110 cm³/mol. The number of hydroxylamine groups is 2. The lowest BCUT2D eigenvalue weighted by Crippen LogP contribution is -3.04. The number of quaternary nitrogens is 1. The van der Waals surface area contributed by atoms with Crippen LogP contribution in [0.15, 0.2) is 66.0 Å². The molecule has 1 unspecified atom stereocenters. The third-order valence-electron chi connectivity index (χ3n) is 4.54. The number of nitrogens with one attached hydrogen (secondary N) is 2. The van der Waals surface area contributed by atoms with Gasteiger partial charge in [0.25, 0.3) is 5.91 Å². The molecule has 0 aliphatic heterocycles. The lowest BCUT2D eigenvalue weighted by molar-refractivity contribution is -0.876. The van der Waals surface area contributed by atoms with Crippen molar-refractivity contribution in [3.8, 4) is 0 Å². The molecule has 0 radical (unpaired) electrons. The van der Waals surface area contributed by atoms with E-state index in [0.717, 1.165) is 24.1 Å². The van der Waals surface area contributed by atoms with E-state index in [1.54, 1.807) is 35.6 Å². The fraction of sp³-hybridized carbons (Fsp3) is 0.227. The first kappa shape index (κ1) is 22.0. The minimum atomic E-state index is -4.39. The van der Waals surface area contributed by atoms with Gasteiger partial charge in [-0.05, 0) is 42.1 Å². The number of carbonyl (C=O) groups is 1. The molecule has 0 bridgehead atoms. The van der Waals surface area contributed by atoms with Crippen molar-refractivity contribution in [2.75, 3.05) is 6.54 Å². The summed E-state index contributed by atoms with van der Waals surface area (Å²) in [4.78, 5) is 13.4. The van der Waals surface area contributed by atoms with E-state index >= 15 is 0 Å². The Balaban J connectivity index is 1.47. The van der Waals surface area contributed by atoms with E-state index in [0.29, 0.717) is 17.7 Å². The Labute approximate surface area is 176 Å². The molecule has 0 spiro atoms. The molecule has 0 aliphatic carbocycles. The molecule has 1 aromatic heterocycles. The molecule has 0 aliphatic rings. The van der Waals surface area contributed by atoms with Gasteiger partial charge in [0.2, 0.25) is 0 Å². The van der Waals surface area contributed by atoms with Gasteiger partial charge in [-0.15, -0.1) is 11.3 Å². The first-order valence-electron chi connectivity index (χ1n) is 9.38. The Morgan fingerprint density at radius 3 is 2.10 bits per heavy atom. The summed E-state index contributed by atoms with van der Waals surface area (Å²) in [5.41, 5.74) is 1.07. The molecule has 158 valence electrons. The topological polar surface area (TPSA) is 56.6 Å². The number of thiophene rings is 1. The second kappa shape index (κ2) is 9.88. The number of hydrogen-bond donors (Lipinski definition) is 2. The summed E-state index contributed by atoms with van der Waals surface area (Å²) in [6.45, 7) is 0.761. The Kier molecular flexibility index (Phi) is 7.25. The molecule has 0 fully saturated rings. The van der Waals surface area contributed by atoms with Crippen molar-refractivity contribution in [2.24, 2.45) is 0 Å². The van der Waals surface area contributed by atoms with Gasteiger partial charge in [0.05, 0.1) is 5.56 Å². The van der Waals surface area contributed by atoms with Gasteiger partial charge in [-0.1, -0.05) is 30.3 Å². The molecular formula is C22H21F3N2O2S. The fourth-order valence-electron chi connectivity index (χ4n) is 2.96. The van der Waals surface area contributed by atoms with Gasteiger partial charge in [-0.3, -0.25) is 4.79 Å². The number of rotatable bonds is 8. The minimum absolute atomic E-state index is 0.0586. The fourth-order valence-corrected chi connectivity index (χ4v) is 3.67. The van der Waals surface area contributed by atoms with Gasteiger partial charge in [0.1, 0.15) is 13.1 Å². The van der Waals surface area contributed by atoms with Crippen LogP contribution in [0.3, 0.4) is 0 Å². The summed E-state index contributed by atoms with van der Waals surface area (Å²) in [5, 5.41) is 17.0. The van der Waals surface area contributed by atoms with E-state index in [-0.39, 0.29) is 24.1 Å². The monoisotopic (exact) mass is 434 g/mol. The van der Waals surface area contributed by atoms with Gasteiger partial charge in [0.15, 0.2) is 0 Å². The average molecular weight is 434 g/mol. The van der Waals surface area contributed by atoms with E-state index in [4.69, 9.17) is 0 Å². The highest BCUT2D eigenvalue weighted by atomic mass is 32.1. The Bertz CT molecular complexity index is 940. The summed E-state index contributed by atoms with van der Waals surface area (Å²) in [6.07, 6.45) is -3.61. The van der Waals surface area contributed by atoms with Crippen molar-refractivity contribution in [2.45, 2.75) is 25.7 Å². The Hall–Kier alpha value is -2.68. The van der Waals surface area contributed by atoms with Gasteiger partial charge < -0.3 is 15.6 Å². The van der Waals surface area contributed by atoms with Crippen LogP contribution in [-0.4, -0.2) is 12.5 Å². The highest BCUT2D eigenvalue weighted by molar-refractivity contribution is 7.09. The smallest absolute Gasteiger partial charge is 0.416 e. The molecule has 1 heterocycles. The zero-order valence-corrected chi connectivity index (χ0v) is 16.9. The van der Waals surface area contributed by atoms with Crippen LogP contribution in [0.2, 0.25) is 0 Å². The van der Waals surface area contributed by atoms with Crippen molar-refractivity contribution in [1.82, 2.24) is 5.32 Å². The molecule has 0 saturated heterocycles. The SMILES string of the molecule is O=C(NCCc1cccs1)c1ccc(C[NH+]([O-])Cc2ccc(C(F)(F)F)cc2)cc1. The van der Waals surface area contributed by atoms with Gasteiger partial charge in [0, 0.05) is 28.1 Å². The zero-order chi connectivity index (χ0) is 21.6. The third-order valence-corrected chi connectivity index (χ3v) is 5.47. The molecular weight excluding hydrogens is 413 g/mol. The quantitative estimate of drug-likeness (QED) is 0.530. The lowest BCUT2D eigenvalue weighted by atomic mass is 10.1. The maximum atomic E-state index is 12.6. The molecule has 3 rings (SSSR count). The Morgan fingerprint density at radius 1 is 0.967 bits per heavy atom. The number of halogens is 3. The minimum Gasteiger partial charge on any atom is -0.634 e. The summed E-state index contributed by atoms with van der Waals surface area (Å²) < 4.78 is 37.8. The number of benzene rings is 2. The van der Waals surface area contributed by atoms with Crippen LogP contribution in [0.1, 0.15) is 31.9 Å². The summed E-state index contributed by atoms with van der Waals surface area (Å²) in [7, 11) is 0. The van der Waals surface area contributed by atoms with Gasteiger partial charge >= 0.3 is 6.18 Å². The van der Waals surface area contributed by atoms with Crippen molar-refractivity contribution >= 4 is 17.2 Å². The highest BCUT2D eigenvalue weighted by Gasteiger charge is 2.29. The number of alkyl halides is 3.